The molecule has 9 aromatic rings. The number of aromatic nitrogens is 12. The number of nitrogens with zero attached hydrogens (tertiary/aromatic N) is 6. The maximum Gasteiger partial charge on any atom is 3.00 e. The summed E-state index contributed by atoms with van der Waals surface area (Å²) in [6.07, 6.45) is 5.94. The van der Waals surface area contributed by atoms with Gasteiger partial charge in [0.25, 0.3) is 0 Å². The van der Waals surface area contributed by atoms with E-state index < -0.39 is 35.8 Å². The van der Waals surface area contributed by atoms with Crippen molar-refractivity contribution in [3.63, 3.8) is 0 Å². The minimum Gasteiger partial charge on any atom is -0.550 e. The minimum absolute atomic E-state index is 0. The van der Waals surface area contributed by atoms with Crippen molar-refractivity contribution in [2.45, 2.75) is 240 Å². The molecule has 26 heteroatoms. The summed E-state index contributed by atoms with van der Waals surface area (Å²) >= 11 is 0. The standard InChI is InChI=1S/3C34H38N4O4.2Mn/c3*1-7-21-17(3)25-13-26-19(5)23(9-11-33(39)40)31(37-26)16-32-24(10-12-34(41)42)20(6)28(38-32)15-30-22(8-2)18(4)27(36-30)14-29(21)35-25;;/h3*13-16,35,38H,7-12H2,1-6H3,(H,39,40)(H,41,42);;/q;;;2*+3/p-6. The molecule has 6 aliphatic rings. The van der Waals surface area contributed by atoms with E-state index in [1.54, 1.807) is 0 Å². The number of aromatic amines is 6. The molecule has 0 amide bonds. The van der Waals surface area contributed by atoms with Crippen molar-refractivity contribution in [2.75, 3.05) is 0 Å². The van der Waals surface area contributed by atoms with E-state index in [2.05, 4.69) is 131 Å². The van der Waals surface area contributed by atoms with Gasteiger partial charge < -0.3 is 89.3 Å². The van der Waals surface area contributed by atoms with E-state index in [4.69, 9.17) is 29.9 Å². The van der Waals surface area contributed by atoms with Crippen molar-refractivity contribution in [1.29, 1.82) is 0 Å². The third-order valence-corrected chi connectivity index (χ3v) is 26.0. The second kappa shape index (κ2) is 40.3. The van der Waals surface area contributed by atoms with Gasteiger partial charge >= 0.3 is 34.1 Å². The van der Waals surface area contributed by atoms with E-state index in [-0.39, 0.29) is 111 Å². The molecule has 0 radical (unpaired) electrons. The van der Waals surface area contributed by atoms with E-state index in [0.717, 1.165) is 273 Å². The predicted molar refractivity (Wildman–Crippen MR) is 488 cm³/mol. The van der Waals surface area contributed by atoms with Crippen LogP contribution < -0.4 is 30.6 Å². The Labute approximate surface area is 765 Å². The van der Waals surface area contributed by atoms with E-state index >= 15 is 0 Å². The first-order valence-electron chi connectivity index (χ1n) is 43.7. The topological polar surface area (TPSA) is 413 Å². The van der Waals surface area contributed by atoms with E-state index in [1.807, 2.05) is 96.1 Å². The van der Waals surface area contributed by atoms with Gasteiger partial charge in [-0.15, -0.1) is 0 Å². The number of nitrogens with one attached hydrogen (secondary N) is 6. The maximum absolute atomic E-state index is 11.4. The second-order valence-electron chi connectivity index (χ2n) is 33.3. The number of aliphatic carboxylic acids is 6. The normalized spacial score (nSPS) is 13.1. The van der Waals surface area contributed by atoms with Gasteiger partial charge in [0.05, 0.1) is 68.3 Å². The number of carbonyl (C=O) groups excluding carboxylic acids is 6. The van der Waals surface area contributed by atoms with Crippen molar-refractivity contribution in [3.05, 3.63) is 208 Å². The number of aryl methyl sites for hydroxylation is 12. The van der Waals surface area contributed by atoms with Crippen LogP contribution in [0.4, 0.5) is 0 Å². The largest absolute Gasteiger partial charge is 3.00 e. The van der Waals surface area contributed by atoms with Gasteiger partial charge in [-0.05, 0) is 405 Å². The first-order valence-corrected chi connectivity index (χ1v) is 43.7. The number of rotatable bonds is 24. The molecule has 0 fully saturated rings. The zero-order chi connectivity index (χ0) is 90.9. The van der Waals surface area contributed by atoms with Gasteiger partial charge in [0.15, 0.2) is 0 Å². The third-order valence-electron chi connectivity index (χ3n) is 26.0. The number of hydrogen-bond donors (Lipinski definition) is 6. The molecule has 662 valence electrons. The molecule has 0 atom stereocenters. The number of hydrogen-bond acceptors (Lipinski definition) is 18. The average molecular weight is 1800 g/mol. The monoisotopic (exact) mass is 1800 g/mol. The number of fused-ring (bicyclic) bond motifs is 24. The molecule has 0 spiro atoms. The van der Waals surface area contributed by atoms with Crippen LogP contribution in [0.5, 0.6) is 0 Å². The Bertz CT molecular complexity index is 6220. The van der Waals surface area contributed by atoms with Crippen LogP contribution >= 0.6 is 0 Å². The summed E-state index contributed by atoms with van der Waals surface area (Å²) in [6, 6.07) is 24.3. The molecule has 6 aliphatic heterocycles. The van der Waals surface area contributed by atoms with Crippen LogP contribution in [0.2, 0.25) is 0 Å². The molecule has 6 N–H and O–H groups in total. The molecule has 128 heavy (non-hydrogen) atoms. The molecule has 0 saturated carbocycles. The van der Waals surface area contributed by atoms with Crippen molar-refractivity contribution in [2.24, 2.45) is 0 Å². The molecule has 15 heterocycles. The van der Waals surface area contributed by atoms with Crippen LogP contribution in [0.15, 0.2) is 72.8 Å². The Kier molecular flexibility index (Phi) is 30.3. The third kappa shape index (κ3) is 19.8. The molecule has 9 aromatic heterocycles. The van der Waals surface area contributed by atoms with Gasteiger partial charge in [-0.2, -0.15) is 0 Å². The summed E-state index contributed by atoms with van der Waals surface area (Å²) in [5, 5.41) is 68.5. The molecule has 15 rings (SSSR count). The van der Waals surface area contributed by atoms with Gasteiger partial charge in [0.1, 0.15) is 0 Å². The fraction of sp³-hybridized carbons (Fsp3) is 0.353. The smallest absolute Gasteiger partial charge is 0.550 e. The summed E-state index contributed by atoms with van der Waals surface area (Å²) in [4.78, 5) is 120. The van der Waals surface area contributed by atoms with E-state index in [0.29, 0.717) is 17.1 Å². The van der Waals surface area contributed by atoms with Gasteiger partial charge in [0.2, 0.25) is 0 Å². The van der Waals surface area contributed by atoms with Gasteiger partial charge in [0, 0.05) is 102 Å². The molecular weight excluding hydrogens is 1700 g/mol. The van der Waals surface area contributed by atoms with Crippen molar-refractivity contribution in [3.8, 4) is 0 Å². The molecule has 0 aliphatic carbocycles. The average Bonchev–Trinajstić information content (AvgIpc) is 1.62. The maximum atomic E-state index is 11.4. The van der Waals surface area contributed by atoms with E-state index in [9.17, 15) is 59.4 Å². The van der Waals surface area contributed by atoms with Crippen LogP contribution in [0.3, 0.4) is 0 Å². The fourth-order valence-corrected chi connectivity index (χ4v) is 18.6. The fourth-order valence-electron chi connectivity index (χ4n) is 18.6. The summed E-state index contributed by atoms with van der Waals surface area (Å²) in [5.41, 5.74) is 44.8. The zero-order valence-electron chi connectivity index (χ0n) is 76.0. The van der Waals surface area contributed by atoms with Crippen molar-refractivity contribution < 1.29 is 93.5 Å². The SMILES string of the molecule is CCC1=C(C)c2cc3[nH]c(cc4nc(cc5[nH]c(cc1n2)c(C)c5CCC(=O)[O-])C(CCC(=O)[O-])=C4C)c(C)c3CC.CCC1=C(C)c2cc3[nH]c(cc4nc(cc5[nH]c(cc1n2)c(C)c5CCC(=O)[O-])C(CCC(=O)[O-])=C4C)c(C)c3CC.CCC1=C(C)c2cc3[nH]c(cc4nc(cc5[nH]c(cc1n2)c(C)c5CCC(=O)[O-])C(CCC(=O)[O-])=C4C)c(C)c3CC.[Mn+3].[Mn+3]. The number of carboxylic acid groups (broad SMARTS) is 6. The van der Waals surface area contributed by atoms with Crippen molar-refractivity contribution in [1.82, 2.24) is 59.8 Å². The first kappa shape index (κ1) is 96.3. The Balaban J connectivity index is 0.000000185. The number of carbonyl (C=O) groups is 6. The zero-order valence-corrected chi connectivity index (χ0v) is 78.4. The Morgan fingerprint density at radius 1 is 0.211 bits per heavy atom. The van der Waals surface area contributed by atoms with Crippen LogP contribution in [0.1, 0.15) is 295 Å². The van der Waals surface area contributed by atoms with Gasteiger partial charge in [-0.3, -0.25) is 0 Å². The molecule has 0 aromatic carbocycles. The second-order valence-corrected chi connectivity index (χ2v) is 33.3. The summed E-state index contributed by atoms with van der Waals surface area (Å²) < 4.78 is 0. The predicted octanol–water partition coefficient (Wildman–Crippen LogP) is 14.9. The minimum atomic E-state index is -1.12. The first-order chi connectivity index (χ1) is 60.0. The molecular formula is C102H108Mn2N12O12. The summed E-state index contributed by atoms with van der Waals surface area (Å²) in [5.74, 6) is -6.72. The van der Waals surface area contributed by atoms with Crippen molar-refractivity contribution >= 4 is 169 Å². The number of H-pyrrole nitrogens is 6. The van der Waals surface area contributed by atoms with Crippen LogP contribution in [-0.4, -0.2) is 95.6 Å². The molecule has 0 saturated heterocycles. The molecule has 0 unspecified atom stereocenters. The van der Waals surface area contributed by atoms with Crippen LogP contribution in [0.25, 0.3) is 133 Å². The van der Waals surface area contributed by atoms with Gasteiger partial charge in [-0.1, -0.05) is 41.5 Å². The Morgan fingerprint density at radius 2 is 0.359 bits per heavy atom. The number of carboxylic acids is 6. The van der Waals surface area contributed by atoms with Crippen LogP contribution in [-0.2, 0) is 101 Å². The van der Waals surface area contributed by atoms with Crippen LogP contribution in [0, 0.1) is 41.5 Å². The Morgan fingerprint density at radius 3 is 0.547 bits per heavy atom. The quantitative estimate of drug-likeness (QED) is 0.0306. The molecule has 24 nitrogen and oxygen atoms in total. The molecule has 24 bridgehead atoms. The Hall–Kier alpha value is -12.3. The summed E-state index contributed by atoms with van der Waals surface area (Å²) in [7, 11) is 0. The van der Waals surface area contributed by atoms with Gasteiger partial charge in [-0.25, -0.2) is 29.9 Å². The van der Waals surface area contributed by atoms with E-state index in [1.165, 1.54) is 16.7 Å². The summed E-state index contributed by atoms with van der Waals surface area (Å²) in [6.45, 7) is 37.2. The number of allylic oxidation sites excluding steroid dienone is 12.